The van der Waals surface area contributed by atoms with Gasteiger partial charge in [0.25, 0.3) is 5.95 Å². The van der Waals surface area contributed by atoms with E-state index in [9.17, 15) is 4.79 Å². The van der Waals surface area contributed by atoms with E-state index in [2.05, 4.69) is 42.0 Å². The van der Waals surface area contributed by atoms with Gasteiger partial charge in [-0.3, -0.25) is 4.79 Å². The third-order valence-corrected chi connectivity index (χ3v) is 6.34. The Labute approximate surface area is 221 Å². The smallest absolute Gasteiger partial charge is 0.264 e. The van der Waals surface area contributed by atoms with Crippen LogP contribution in [0.2, 0.25) is 0 Å². The SMILES string of the molecule is Cc1ccc(NC(=O)CSc2nnc(N/N=C/c3ccccc3OCc3cccc(Br)c3)n2N)cc1. The topological polar surface area (TPSA) is 119 Å². The van der Waals surface area contributed by atoms with E-state index >= 15 is 0 Å². The van der Waals surface area contributed by atoms with Gasteiger partial charge in [0, 0.05) is 15.7 Å². The molecule has 0 spiro atoms. The van der Waals surface area contributed by atoms with E-state index in [1.807, 2.05) is 79.7 Å². The summed E-state index contributed by atoms with van der Waals surface area (Å²) in [5, 5.41) is 15.5. The van der Waals surface area contributed by atoms with E-state index in [-0.39, 0.29) is 17.6 Å². The molecule has 0 saturated heterocycles. The minimum absolute atomic E-state index is 0.134. The molecule has 1 heterocycles. The van der Waals surface area contributed by atoms with Gasteiger partial charge >= 0.3 is 0 Å². The van der Waals surface area contributed by atoms with Gasteiger partial charge in [0.1, 0.15) is 12.4 Å². The molecular weight excluding hydrogens is 542 g/mol. The predicted molar refractivity (Wildman–Crippen MR) is 147 cm³/mol. The monoisotopic (exact) mass is 565 g/mol. The zero-order valence-electron chi connectivity index (χ0n) is 19.4. The number of hydrogen-bond acceptors (Lipinski definition) is 8. The highest BCUT2D eigenvalue weighted by Crippen LogP contribution is 2.20. The van der Waals surface area contributed by atoms with E-state index in [0.717, 1.165) is 26.9 Å². The van der Waals surface area contributed by atoms with E-state index < -0.39 is 0 Å². The number of aromatic nitrogens is 3. The maximum Gasteiger partial charge on any atom is 0.264 e. The van der Waals surface area contributed by atoms with E-state index in [1.54, 1.807) is 6.21 Å². The first-order valence-corrected chi connectivity index (χ1v) is 12.7. The van der Waals surface area contributed by atoms with Crippen LogP contribution in [0.5, 0.6) is 5.75 Å². The molecule has 0 unspecified atom stereocenters. The number of carbonyl (C=O) groups excluding carboxylic acids is 1. The van der Waals surface area contributed by atoms with Crippen molar-refractivity contribution in [1.29, 1.82) is 0 Å². The lowest BCUT2D eigenvalue weighted by molar-refractivity contribution is -0.113. The van der Waals surface area contributed by atoms with Gasteiger partial charge in [0.2, 0.25) is 11.1 Å². The van der Waals surface area contributed by atoms with E-state index in [0.29, 0.717) is 17.5 Å². The molecule has 4 rings (SSSR count). The number of rotatable bonds is 10. The minimum Gasteiger partial charge on any atom is -0.488 e. The molecule has 0 saturated carbocycles. The Bertz CT molecular complexity index is 1360. The number of thioether (sulfide) groups is 1. The number of amides is 1. The first kappa shape index (κ1) is 25.3. The number of nitrogen functional groups attached to an aromatic ring is 1. The van der Waals surface area contributed by atoms with Crippen molar-refractivity contribution in [2.24, 2.45) is 5.10 Å². The van der Waals surface area contributed by atoms with Crippen LogP contribution >= 0.6 is 27.7 Å². The number of hydrogen-bond donors (Lipinski definition) is 3. The molecule has 0 aliphatic heterocycles. The highest BCUT2D eigenvalue weighted by molar-refractivity contribution is 9.10. The molecule has 4 N–H and O–H groups in total. The van der Waals surface area contributed by atoms with Crippen molar-refractivity contribution in [3.05, 3.63) is 94.0 Å². The molecule has 184 valence electrons. The normalized spacial score (nSPS) is 10.9. The van der Waals surface area contributed by atoms with Crippen LogP contribution in [0.3, 0.4) is 0 Å². The fourth-order valence-electron chi connectivity index (χ4n) is 3.08. The number of nitrogens with one attached hydrogen (secondary N) is 2. The molecule has 9 nitrogen and oxygen atoms in total. The molecule has 36 heavy (non-hydrogen) atoms. The van der Waals surface area contributed by atoms with Gasteiger partial charge in [-0.25, -0.2) is 10.1 Å². The summed E-state index contributed by atoms with van der Waals surface area (Å²) in [7, 11) is 0. The van der Waals surface area contributed by atoms with Crippen molar-refractivity contribution < 1.29 is 9.53 Å². The molecule has 0 radical (unpaired) electrons. The summed E-state index contributed by atoms with van der Waals surface area (Å²) >= 11 is 4.64. The van der Waals surface area contributed by atoms with Crippen molar-refractivity contribution in [3.8, 4) is 5.75 Å². The third-order valence-electron chi connectivity index (χ3n) is 4.90. The van der Waals surface area contributed by atoms with Crippen LogP contribution in [0.1, 0.15) is 16.7 Å². The van der Waals surface area contributed by atoms with Crippen LogP contribution in [0, 0.1) is 6.92 Å². The number of para-hydroxylation sites is 1. The fourth-order valence-corrected chi connectivity index (χ4v) is 4.18. The molecule has 0 aliphatic rings. The molecule has 4 aromatic rings. The lowest BCUT2D eigenvalue weighted by Gasteiger charge is -2.09. The van der Waals surface area contributed by atoms with Gasteiger partial charge in [-0.1, -0.05) is 69.7 Å². The number of nitrogens with zero attached hydrogens (tertiary/aromatic N) is 4. The maximum atomic E-state index is 12.2. The van der Waals surface area contributed by atoms with E-state index in [1.165, 1.54) is 16.4 Å². The standard InChI is InChI=1S/C25H24BrN7O2S/c1-17-9-11-21(12-10-17)29-23(34)16-36-25-32-31-24(33(25)27)30-28-14-19-6-2-3-8-22(19)35-15-18-5-4-7-20(26)13-18/h2-14H,15-16,27H2,1H3,(H,29,34)(H,30,31)/b28-14+. The molecule has 0 atom stereocenters. The number of carbonyl (C=O) groups is 1. The minimum atomic E-state index is -0.168. The van der Waals surface area contributed by atoms with Gasteiger partial charge in [-0.05, 0) is 48.9 Å². The van der Waals surface area contributed by atoms with Crippen LogP contribution in [0.15, 0.2) is 87.5 Å². The quantitative estimate of drug-likeness (QED) is 0.109. The number of nitrogens with two attached hydrogens (primary N) is 1. The second-order valence-corrected chi connectivity index (χ2v) is 9.56. The lowest BCUT2D eigenvalue weighted by Crippen LogP contribution is -2.16. The molecule has 0 aliphatic carbocycles. The predicted octanol–water partition coefficient (Wildman–Crippen LogP) is 4.82. The van der Waals surface area contributed by atoms with Gasteiger partial charge in [0.15, 0.2) is 0 Å². The number of anilines is 2. The zero-order valence-corrected chi connectivity index (χ0v) is 21.8. The Hall–Kier alpha value is -3.83. The Balaban J connectivity index is 1.31. The fraction of sp³-hybridized carbons (Fsp3) is 0.120. The first-order chi connectivity index (χ1) is 17.5. The molecule has 3 aromatic carbocycles. The van der Waals surface area contributed by atoms with Gasteiger partial charge in [-0.2, -0.15) is 5.10 Å². The largest absolute Gasteiger partial charge is 0.488 e. The Morgan fingerprint density at radius 2 is 1.94 bits per heavy atom. The number of halogens is 1. The maximum absolute atomic E-state index is 12.2. The zero-order chi connectivity index (χ0) is 25.3. The Morgan fingerprint density at radius 3 is 2.75 bits per heavy atom. The molecule has 1 aromatic heterocycles. The molecule has 1 amide bonds. The Morgan fingerprint density at radius 1 is 1.14 bits per heavy atom. The number of aryl methyl sites for hydroxylation is 1. The van der Waals surface area contributed by atoms with Crippen molar-refractivity contribution in [2.45, 2.75) is 18.7 Å². The molecular formula is C25H24BrN7O2S. The van der Waals surface area contributed by atoms with Crippen LogP contribution < -0.4 is 21.3 Å². The molecule has 0 bridgehead atoms. The number of benzene rings is 3. The molecule has 0 fully saturated rings. The number of hydrazone groups is 1. The summed E-state index contributed by atoms with van der Waals surface area (Å²) in [6.07, 6.45) is 1.62. The van der Waals surface area contributed by atoms with Crippen molar-refractivity contribution >= 4 is 51.4 Å². The lowest BCUT2D eigenvalue weighted by atomic mass is 10.2. The summed E-state index contributed by atoms with van der Waals surface area (Å²) in [5.41, 5.74) is 6.47. The van der Waals surface area contributed by atoms with Crippen molar-refractivity contribution in [2.75, 3.05) is 22.3 Å². The first-order valence-electron chi connectivity index (χ1n) is 10.9. The van der Waals surface area contributed by atoms with Gasteiger partial charge in [0.05, 0.1) is 12.0 Å². The average molecular weight is 566 g/mol. The summed E-state index contributed by atoms with van der Waals surface area (Å²) in [6, 6.07) is 23.1. The Kier molecular flexibility index (Phi) is 8.58. The summed E-state index contributed by atoms with van der Waals surface area (Å²) in [5.74, 6) is 6.96. The van der Waals surface area contributed by atoms with Crippen molar-refractivity contribution in [3.63, 3.8) is 0 Å². The molecule has 11 heteroatoms. The highest BCUT2D eigenvalue weighted by Gasteiger charge is 2.12. The average Bonchev–Trinajstić information content (AvgIpc) is 3.23. The van der Waals surface area contributed by atoms with Crippen LogP contribution in [0.25, 0.3) is 0 Å². The van der Waals surface area contributed by atoms with E-state index in [4.69, 9.17) is 10.6 Å². The third kappa shape index (κ3) is 7.09. The highest BCUT2D eigenvalue weighted by atomic mass is 79.9. The second kappa shape index (κ2) is 12.2. The number of ether oxygens (including phenoxy) is 1. The van der Waals surface area contributed by atoms with Crippen molar-refractivity contribution in [1.82, 2.24) is 14.9 Å². The summed E-state index contributed by atoms with van der Waals surface area (Å²) in [4.78, 5) is 12.2. The van der Waals surface area contributed by atoms with Crippen LogP contribution in [0.4, 0.5) is 11.6 Å². The second-order valence-electron chi connectivity index (χ2n) is 7.71. The summed E-state index contributed by atoms with van der Waals surface area (Å²) < 4.78 is 8.22. The summed E-state index contributed by atoms with van der Waals surface area (Å²) in [6.45, 7) is 2.41. The van der Waals surface area contributed by atoms with Gasteiger partial charge in [-0.15, -0.1) is 10.2 Å². The van der Waals surface area contributed by atoms with Crippen LogP contribution in [-0.2, 0) is 11.4 Å². The van der Waals surface area contributed by atoms with Crippen LogP contribution in [-0.4, -0.2) is 32.7 Å². The van der Waals surface area contributed by atoms with Gasteiger partial charge < -0.3 is 15.9 Å².